The smallest absolute Gasteiger partial charge is 0.309 e. The number of carbonyl (C=O) groups is 1. The van der Waals surface area contributed by atoms with Crippen LogP contribution < -0.4 is 9.47 Å². The number of carboxylic acid groups (broad SMARTS) is 1. The van der Waals surface area contributed by atoms with Crippen LogP contribution in [0.5, 0.6) is 11.5 Å². The molecule has 1 aliphatic rings. The molecule has 0 bridgehead atoms. The van der Waals surface area contributed by atoms with E-state index in [1.54, 1.807) is 21.0 Å². The third-order valence-corrected chi connectivity index (χ3v) is 3.33. The van der Waals surface area contributed by atoms with Crippen molar-refractivity contribution in [3.05, 3.63) is 23.8 Å². The van der Waals surface area contributed by atoms with Crippen LogP contribution in [0.1, 0.15) is 25.8 Å². The van der Waals surface area contributed by atoms with Gasteiger partial charge in [-0.1, -0.05) is 0 Å². The van der Waals surface area contributed by atoms with Gasteiger partial charge in [0.1, 0.15) is 17.6 Å². The maximum absolute atomic E-state index is 11.1. The van der Waals surface area contributed by atoms with Gasteiger partial charge in [0, 0.05) is 18.4 Å². The Hall–Kier alpha value is -1.71. The van der Waals surface area contributed by atoms with Crippen LogP contribution in [-0.2, 0) is 11.2 Å². The minimum atomic E-state index is -0.792. The van der Waals surface area contributed by atoms with Crippen LogP contribution in [-0.4, -0.2) is 24.3 Å². The summed E-state index contributed by atoms with van der Waals surface area (Å²) in [6.45, 7) is 3.45. The maximum atomic E-state index is 11.1. The molecule has 4 heteroatoms. The van der Waals surface area contributed by atoms with E-state index in [-0.39, 0.29) is 6.10 Å². The van der Waals surface area contributed by atoms with E-state index in [0.717, 1.165) is 23.5 Å². The van der Waals surface area contributed by atoms with Gasteiger partial charge in [0.25, 0.3) is 0 Å². The quantitative estimate of drug-likeness (QED) is 0.892. The zero-order chi connectivity index (χ0) is 13.3. The molecule has 0 spiro atoms. The second-order valence-corrected chi connectivity index (χ2v) is 5.31. The van der Waals surface area contributed by atoms with E-state index in [4.69, 9.17) is 14.6 Å². The van der Waals surface area contributed by atoms with Gasteiger partial charge in [-0.3, -0.25) is 4.79 Å². The summed E-state index contributed by atoms with van der Waals surface area (Å²) in [4.78, 5) is 11.1. The van der Waals surface area contributed by atoms with Gasteiger partial charge in [-0.2, -0.15) is 0 Å². The summed E-state index contributed by atoms with van der Waals surface area (Å²) in [5.41, 5.74) is 0.317. The Morgan fingerprint density at radius 1 is 1.56 bits per heavy atom. The Labute approximate surface area is 107 Å². The average molecular weight is 250 g/mol. The molecule has 98 valence electrons. The second-order valence-electron chi connectivity index (χ2n) is 5.31. The highest BCUT2D eigenvalue weighted by molar-refractivity contribution is 5.73. The monoisotopic (exact) mass is 250 g/mol. The number of aliphatic carboxylic acids is 1. The Morgan fingerprint density at radius 2 is 2.28 bits per heavy atom. The number of fused-ring (bicyclic) bond motifs is 1. The van der Waals surface area contributed by atoms with Crippen LogP contribution in [0.3, 0.4) is 0 Å². The van der Waals surface area contributed by atoms with Gasteiger partial charge in [0.15, 0.2) is 0 Å². The summed E-state index contributed by atoms with van der Waals surface area (Å²) in [5.74, 6) is 0.845. The molecule has 0 fully saturated rings. The Morgan fingerprint density at radius 3 is 2.89 bits per heavy atom. The summed E-state index contributed by atoms with van der Waals surface area (Å²) in [6.07, 6.45) is 1.17. The van der Waals surface area contributed by atoms with Gasteiger partial charge < -0.3 is 14.6 Å². The van der Waals surface area contributed by atoms with Gasteiger partial charge in [-0.05, 0) is 32.0 Å². The minimum Gasteiger partial charge on any atom is -0.497 e. The molecular formula is C14H18O4. The second kappa shape index (κ2) is 4.52. The molecule has 1 aromatic rings. The molecule has 0 radical (unpaired) electrons. The first-order valence-electron chi connectivity index (χ1n) is 5.99. The van der Waals surface area contributed by atoms with Crippen molar-refractivity contribution in [2.24, 2.45) is 5.41 Å². The Balaban J connectivity index is 2.08. The molecule has 1 aliphatic heterocycles. The minimum absolute atomic E-state index is 0.0711. The van der Waals surface area contributed by atoms with Crippen molar-refractivity contribution >= 4 is 5.97 Å². The lowest BCUT2D eigenvalue weighted by Crippen LogP contribution is -2.30. The number of hydrogen-bond acceptors (Lipinski definition) is 3. The number of methoxy groups -OCH3 is 1. The first kappa shape index (κ1) is 12.7. The Kier molecular flexibility index (Phi) is 3.20. The van der Waals surface area contributed by atoms with Gasteiger partial charge in [-0.25, -0.2) is 0 Å². The van der Waals surface area contributed by atoms with Gasteiger partial charge >= 0.3 is 5.97 Å². The van der Waals surface area contributed by atoms with E-state index < -0.39 is 11.4 Å². The summed E-state index contributed by atoms with van der Waals surface area (Å²) < 4.78 is 10.9. The van der Waals surface area contributed by atoms with Gasteiger partial charge in [-0.15, -0.1) is 0 Å². The summed E-state index contributed by atoms with van der Waals surface area (Å²) >= 11 is 0. The third-order valence-electron chi connectivity index (χ3n) is 3.33. The molecule has 1 aromatic carbocycles. The van der Waals surface area contributed by atoms with Crippen molar-refractivity contribution < 1.29 is 19.4 Å². The largest absolute Gasteiger partial charge is 0.497 e. The van der Waals surface area contributed by atoms with E-state index in [9.17, 15) is 4.79 Å². The SMILES string of the molecule is COc1ccc2c(c1)CC(CC(C)(C)C(=O)O)O2. The van der Waals surface area contributed by atoms with Crippen molar-refractivity contribution in [3.63, 3.8) is 0 Å². The lowest BCUT2D eigenvalue weighted by molar-refractivity contribution is -0.148. The van der Waals surface area contributed by atoms with Gasteiger partial charge in [0.2, 0.25) is 0 Å². The Bertz CT molecular complexity index is 465. The van der Waals surface area contributed by atoms with Gasteiger partial charge in [0.05, 0.1) is 12.5 Å². The topological polar surface area (TPSA) is 55.8 Å². The molecule has 2 rings (SSSR count). The van der Waals surface area contributed by atoms with E-state index in [1.807, 2.05) is 18.2 Å². The molecule has 0 saturated carbocycles. The zero-order valence-corrected chi connectivity index (χ0v) is 10.9. The number of carboxylic acids is 1. The molecule has 0 amide bonds. The highest BCUT2D eigenvalue weighted by atomic mass is 16.5. The van der Waals surface area contributed by atoms with Crippen LogP contribution in [0.25, 0.3) is 0 Å². The third kappa shape index (κ3) is 2.42. The standard InChI is InChI=1S/C14H18O4/c1-14(2,13(15)16)8-11-7-9-6-10(17-3)4-5-12(9)18-11/h4-6,11H,7-8H2,1-3H3,(H,15,16). The van der Waals surface area contributed by atoms with Crippen LogP contribution >= 0.6 is 0 Å². The fourth-order valence-corrected chi connectivity index (χ4v) is 2.19. The normalized spacial score (nSPS) is 18.1. The molecule has 18 heavy (non-hydrogen) atoms. The predicted molar refractivity (Wildman–Crippen MR) is 67.1 cm³/mol. The van der Waals surface area contributed by atoms with E-state index in [1.165, 1.54) is 0 Å². The van der Waals surface area contributed by atoms with Crippen molar-refractivity contribution in [2.45, 2.75) is 32.8 Å². The zero-order valence-electron chi connectivity index (χ0n) is 10.9. The predicted octanol–water partition coefficient (Wildman–Crippen LogP) is 2.50. The highest BCUT2D eigenvalue weighted by Crippen LogP contribution is 2.36. The molecule has 1 atom stereocenters. The molecule has 1 heterocycles. The molecular weight excluding hydrogens is 232 g/mol. The number of ether oxygens (including phenoxy) is 2. The fourth-order valence-electron chi connectivity index (χ4n) is 2.19. The highest BCUT2D eigenvalue weighted by Gasteiger charge is 2.34. The first-order valence-corrected chi connectivity index (χ1v) is 5.99. The molecule has 1 unspecified atom stereocenters. The summed E-state index contributed by atoms with van der Waals surface area (Å²) in [7, 11) is 1.63. The fraction of sp³-hybridized carbons (Fsp3) is 0.500. The summed E-state index contributed by atoms with van der Waals surface area (Å²) in [6, 6.07) is 5.68. The molecule has 1 N–H and O–H groups in total. The lowest BCUT2D eigenvalue weighted by Gasteiger charge is -2.22. The molecule has 0 aromatic heterocycles. The van der Waals surface area contributed by atoms with E-state index in [0.29, 0.717) is 6.42 Å². The molecule has 0 saturated heterocycles. The number of hydrogen-bond donors (Lipinski definition) is 1. The summed E-state index contributed by atoms with van der Waals surface area (Å²) in [5, 5.41) is 9.13. The van der Waals surface area contributed by atoms with Crippen molar-refractivity contribution in [1.82, 2.24) is 0 Å². The van der Waals surface area contributed by atoms with E-state index >= 15 is 0 Å². The number of benzene rings is 1. The van der Waals surface area contributed by atoms with Crippen molar-refractivity contribution in [3.8, 4) is 11.5 Å². The van der Waals surface area contributed by atoms with Crippen LogP contribution in [0.2, 0.25) is 0 Å². The average Bonchev–Trinajstić information content (AvgIpc) is 2.68. The maximum Gasteiger partial charge on any atom is 0.309 e. The first-order chi connectivity index (χ1) is 8.42. The lowest BCUT2D eigenvalue weighted by atomic mass is 9.86. The molecule has 0 aliphatic carbocycles. The molecule has 4 nitrogen and oxygen atoms in total. The number of rotatable bonds is 4. The van der Waals surface area contributed by atoms with Crippen LogP contribution in [0.15, 0.2) is 18.2 Å². The van der Waals surface area contributed by atoms with Crippen molar-refractivity contribution in [2.75, 3.05) is 7.11 Å². The van der Waals surface area contributed by atoms with Crippen LogP contribution in [0.4, 0.5) is 0 Å². The van der Waals surface area contributed by atoms with E-state index in [2.05, 4.69) is 0 Å². The van der Waals surface area contributed by atoms with Crippen molar-refractivity contribution in [1.29, 1.82) is 0 Å². The van der Waals surface area contributed by atoms with Crippen LogP contribution in [0, 0.1) is 5.41 Å².